The molecule has 0 saturated heterocycles. The van der Waals surface area contributed by atoms with Crippen molar-refractivity contribution < 1.29 is 28.5 Å². The monoisotopic (exact) mass is 330 g/mol. The Morgan fingerprint density at radius 2 is 1.68 bits per heavy atom. The molecule has 0 spiro atoms. The normalized spacial score (nSPS) is 12.4. The van der Waals surface area contributed by atoms with Gasteiger partial charge in [0.15, 0.2) is 11.5 Å². The van der Waals surface area contributed by atoms with Gasteiger partial charge in [0.05, 0.1) is 5.56 Å². The van der Waals surface area contributed by atoms with Gasteiger partial charge in [-0.2, -0.15) is 0 Å². The van der Waals surface area contributed by atoms with E-state index < -0.39 is 18.2 Å². The minimum absolute atomic E-state index is 0.122. The van der Waals surface area contributed by atoms with Gasteiger partial charge in [-0.15, -0.1) is 0 Å². The molecule has 1 aromatic carbocycles. The Morgan fingerprint density at radius 1 is 1.16 bits per heavy atom. The van der Waals surface area contributed by atoms with E-state index in [0.29, 0.717) is 21.5 Å². The number of carbonyl (C=O) groups is 2. The smallest absolute Gasteiger partial charge is 0.305 e. The summed E-state index contributed by atoms with van der Waals surface area (Å²) in [6.45, 7) is 2.59. The SMILES string of the molecule is CC(=O)OC(OC(C)=O)c1cc2c(cc1Br)OCO2. The minimum atomic E-state index is -1.13. The zero-order chi connectivity index (χ0) is 14.0. The van der Waals surface area contributed by atoms with Gasteiger partial charge >= 0.3 is 11.9 Å². The molecule has 0 N–H and O–H groups in total. The van der Waals surface area contributed by atoms with Crippen molar-refractivity contribution >= 4 is 27.9 Å². The summed E-state index contributed by atoms with van der Waals surface area (Å²) >= 11 is 3.31. The number of ether oxygens (including phenoxy) is 4. The summed E-state index contributed by atoms with van der Waals surface area (Å²) in [5, 5.41) is 0. The fraction of sp³-hybridized carbons (Fsp3) is 0.333. The first-order chi connectivity index (χ1) is 8.97. The predicted octanol–water partition coefficient (Wildman–Crippen LogP) is 2.30. The Kier molecular flexibility index (Phi) is 3.94. The second-order valence-electron chi connectivity index (χ2n) is 3.78. The molecule has 0 aromatic heterocycles. The summed E-state index contributed by atoms with van der Waals surface area (Å²) in [7, 11) is 0. The fourth-order valence-electron chi connectivity index (χ4n) is 1.57. The highest BCUT2D eigenvalue weighted by Gasteiger charge is 2.25. The third kappa shape index (κ3) is 3.17. The molecule has 0 fully saturated rings. The third-order valence-corrected chi connectivity index (χ3v) is 2.98. The number of esters is 2. The van der Waals surface area contributed by atoms with Gasteiger partial charge in [-0.1, -0.05) is 15.9 Å². The summed E-state index contributed by atoms with van der Waals surface area (Å²) < 4.78 is 21.0. The lowest BCUT2D eigenvalue weighted by Crippen LogP contribution is -2.15. The van der Waals surface area contributed by atoms with Gasteiger partial charge in [-0.3, -0.25) is 9.59 Å². The molecule has 1 aliphatic heterocycles. The Labute approximate surface area is 117 Å². The molecule has 7 heteroatoms. The number of halogens is 1. The number of fused-ring (bicyclic) bond motifs is 1. The van der Waals surface area contributed by atoms with Gasteiger partial charge in [0.1, 0.15) is 0 Å². The molecule has 0 amide bonds. The van der Waals surface area contributed by atoms with Gasteiger partial charge in [0.2, 0.25) is 6.79 Å². The largest absolute Gasteiger partial charge is 0.454 e. The topological polar surface area (TPSA) is 71.1 Å². The van der Waals surface area contributed by atoms with Crippen LogP contribution in [0.15, 0.2) is 16.6 Å². The van der Waals surface area contributed by atoms with Crippen LogP contribution >= 0.6 is 15.9 Å². The van der Waals surface area contributed by atoms with Crippen molar-refractivity contribution in [2.75, 3.05) is 6.79 Å². The van der Waals surface area contributed by atoms with Crippen LogP contribution in [0.2, 0.25) is 0 Å². The van der Waals surface area contributed by atoms with Gasteiger partial charge in [0, 0.05) is 18.3 Å². The van der Waals surface area contributed by atoms with Gasteiger partial charge < -0.3 is 18.9 Å². The lowest BCUT2D eigenvalue weighted by molar-refractivity contribution is -0.186. The number of hydrogen-bond acceptors (Lipinski definition) is 6. The van der Waals surface area contributed by atoms with E-state index in [9.17, 15) is 9.59 Å². The Balaban J connectivity index is 2.35. The van der Waals surface area contributed by atoms with Crippen LogP contribution in [0.25, 0.3) is 0 Å². The van der Waals surface area contributed by atoms with Crippen LogP contribution in [0.1, 0.15) is 25.7 Å². The predicted molar refractivity (Wildman–Crippen MR) is 66.5 cm³/mol. The van der Waals surface area contributed by atoms with E-state index in [1.54, 1.807) is 12.1 Å². The third-order valence-electron chi connectivity index (χ3n) is 2.29. The average Bonchev–Trinajstić information content (AvgIpc) is 2.72. The van der Waals surface area contributed by atoms with Crippen LogP contribution < -0.4 is 9.47 Å². The molecule has 19 heavy (non-hydrogen) atoms. The lowest BCUT2D eigenvalue weighted by atomic mass is 10.2. The maximum Gasteiger partial charge on any atom is 0.305 e. The van der Waals surface area contributed by atoms with E-state index in [1.807, 2.05) is 0 Å². The first-order valence-electron chi connectivity index (χ1n) is 5.41. The maximum atomic E-state index is 11.1. The van der Waals surface area contributed by atoms with E-state index in [4.69, 9.17) is 18.9 Å². The molecule has 1 heterocycles. The number of carbonyl (C=O) groups excluding carboxylic acids is 2. The first kappa shape index (κ1) is 13.7. The quantitative estimate of drug-likeness (QED) is 0.625. The zero-order valence-corrected chi connectivity index (χ0v) is 11.9. The molecular weight excluding hydrogens is 320 g/mol. The molecule has 1 aliphatic rings. The average molecular weight is 331 g/mol. The molecule has 0 unspecified atom stereocenters. The van der Waals surface area contributed by atoms with E-state index in [2.05, 4.69) is 15.9 Å². The Morgan fingerprint density at radius 3 is 2.21 bits per heavy atom. The van der Waals surface area contributed by atoms with Gasteiger partial charge in [0.25, 0.3) is 6.29 Å². The van der Waals surface area contributed by atoms with Crippen molar-refractivity contribution in [3.05, 3.63) is 22.2 Å². The molecule has 0 atom stereocenters. The van der Waals surface area contributed by atoms with E-state index in [0.717, 1.165) is 0 Å². The molecule has 0 aliphatic carbocycles. The number of hydrogen-bond donors (Lipinski definition) is 0. The van der Waals surface area contributed by atoms with Crippen molar-refractivity contribution in [1.82, 2.24) is 0 Å². The van der Waals surface area contributed by atoms with Crippen LogP contribution in [-0.2, 0) is 19.1 Å². The van der Waals surface area contributed by atoms with Crippen LogP contribution in [-0.4, -0.2) is 18.7 Å². The molecular formula is C12H11BrO6. The highest BCUT2D eigenvalue weighted by molar-refractivity contribution is 9.10. The molecule has 102 valence electrons. The Bertz CT molecular complexity index is 511. The highest BCUT2D eigenvalue weighted by atomic mass is 79.9. The van der Waals surface area contributed by atoms with Crippen molar-refractivity contribution in [3.63, 3.8) is 0 Å². The minimum Gasteiger partial charge on any atom is -0.454 e. The summed E-state index contributed by atoms with van der Waals surface area (Å²) in [6.07, 6.45) is -1.13. The number of rotatable bonds is 3. The van der Waals surface area contributed by atoms with Crippen molar-refractivity contribution in [2.24, 2.45) is 0 Å². The molecule has 2 rings (SSSR count). The summed E-state index contributed by atoms with van der Waals surface area (Å²) in [5.74, 6) is -0.0471. The van der Waals surface area contributed by atoms with Crippen LogP contribution in [0.3, 0.4) is 0 Å². The second-order valence-corrected chi connectivity index (χ2v) is 4.63. The van der Waals surface area contributed by atoms with E-state index >= 15 is 0 Å². The van der Waals surface area contributed by atoms with Gasteiger partial charge in [-0.25, -0.2) is 0 Å². The van der Waals surface area contributed by atoms with Crippen molar-refractivity contribution in [1.29, 1.82) is 0 Å². The summed E-state index contributed by atoms with van der Waals surface area (Å²) in [6, 6.07) is 3.26. The maximum absolute atomic E-state index is 11.1. The molecule has 0 radical (unpaired) electrons. The fourth-order valence-corrected chi connectivity index (χ4v) is 2.08. The van der Waals surface area contributed by atoms with Crippen LogP contribution in [0.4, 0.5) is 0 Å². The lowest BCUT2D eigenvalue weighted by Gasteiger charge is -2.18. The second kappa shape index (κ2) is 5.48. The van der Waals surface area contributed by atoms with E-state index in [-0.39, 0.29) is 6.79 Å². The standard InChI is InChI=1S/C12H11BrO6/c1-6(14)18-12(19-7(2)15)8-3-10-11(4-9(8)13)17-5-16-10/h3-4,12H,5H2,1-2H3. The summed E-state index contributed by atoms with van der Waals surface area (Å²) in [4.78, 5) is 22.1. The van der Waals surface area contributed by atoms with E-state index in [1.165, 1.54) is 13.8 Å². The molecule has 6 nitrogen and oxygen atoms in total. The van der Waals surface area contributed by atoms with Crippen LogP contribution in [0, 0.1) is 0 Å². The van der Waals surface area contributed by atoms with Crippen molar-refractivity contribution in [2.45, 2.75) is 20.1 Å². The highest BCUT2D eigenvalue weighted by Crippen LogP contribution is 2.40. The Hall–Kier alpha value is -1.76. The summed E-state index contributed by atoms with van der Waals surface area (Å²) in [5.41, 5.74) is 0.467. The zero-order valence-electron chi connectivity index (χ0n) is 10.3. The van der Waals surface area contributed by atoms with Crippen LogP contribution in [0.5, 0.6) is 11.5 Å². The number of benzene rings is 1. The van der Waals surface area contributed by atoms with Gasteiger partial charge in [-0.05, 0) is 12.1 Å². The van der Waals surface area contributed by atoms with Crippen molar-refractivity contribution in [3.8, 4) is 11.5 Å². The molecule has 0 saturated carbocycles. The first-order valence-corrected chi connectivity index (χ1v) is 6.20. The molecule has 0 bridgehead atoms. The molecule has 1 aromatic rings.